The smallest absolute Gasteiger partial charge is 0.307 e. The Morgan fingerprint density at radius 3 is 2.63 bits per heavy atom. The third kappa shape index (κ3) is 3.45. The number of rotatable bonds is 4. The largest absolute Gasteiger partial charge is 0.459 e. The van der Waals surface area contributed by atoms with Gasteiger partial charge in [-0.2, -0.15) is 5.10 Å². The van der Waals surface area contributed by atoms with E-state index in [1.54, 1.807) is 24.3 Å². The molecule has 1 heterocycles. The molecule has 5 heteroatoms. The molecule has 1 N–H and O–H groups in total. The standard InChI is InChI=1S/C14H13ClN2O2/c1-2-12(10-5-7-11(15)8-6-10)16-17-14(18)13-4-3-9-19-13/h3-9H,2H2,1H3,(H,17,18)/b16-12+. The molecule has 0 saturated carbocycles. The zero-order chi connectivity index (χ0) is 13.7. The summed E-state index contributed by atoms with van der Waals surface area (Å²) in [5.74, 6) is -0.139. The second-order valence-electron chi connectivity index (χ2n) is 3.84. The van der Waals surface area contributed by atoms with Gasteiger partial charge in [-0.05, 0) is 36.2 Å². The summed E-state index contributed by atoms with van der Waals surface area (Å²) in [5, 5.41) is 4.78. The number of halogens is 1. The quantitative estimate of drug-likeness (QED) is 0.687. The van der Waals surface area contributed by atoms with Crippen molar-refractivity contribution in [1.29, 1.82) is 0 Å². The lowest BCUT2D eigenvalue weighted by atomic mass is 10.1. The maximum Gasteiger partial charge on any atom is 0.307 e. The summed E-state index contributed by atoms with van der Waals surface area (Å²) in [7, 11) is 0. The van der Waals surface area contributed by atoms with E-state index in [2.05, 4.69) is 10.5 Å². The molecule has 0 fully saturated rings. The summed E-state index contributed by atoms with van der Waals surface area (Å²) in [6, 6.07) is 10.5. The molecule has 0 unspecified atom stereocenters. The average Bonchev–Trinajstić information content (AvgIpc) is 2.95. The SMILES string of the molecule is CC/C(=N\NC(=O)c1ccco1)c1ccc(Cl)cc1. The first-order valence-corrected chi connectivity index (χ1v) is 6.25. The van der Waals surface area contributed by atoms with Crippen LogP contribution in [0.4, 0.5) is 0 Å². The Hall–Kier alpha value is -2.07. The van der Waals surface area contributed by atoms with E-state index in [1.165, 1.54) is 6.26 Å². The van der Waals surface area contributed by atoms with Gasteiger partial charge in [0.2, 0.25) is 0 Å². The van der Waals surface area contributed by atoms with Gasteiger partial charge < -0.3 is 4.42 Å². The highest BCUT2D eigenvalue weighted by Crippen LogP contribution is 2.11. The molecular formula is C14H13ClN2O2. The fraction of sp³-hybridized carbons (Fsp3) is 0.143. The summed E-state index contributed by atoms with van der Waals surface area (Å²) in [4.78, 5) is 11.7. The number of hydrazone groups is 1. The number of hydrogen-bond acceptors (Lipinski definition) is 3. The van der Waals surface area contributed by atoms with Crippen LogP contribution >= 0.6 is 11.6 Å². The maximum absolute atomic E-state index is 11.7. The highest BCUT2D eigenvalue weighted by Gasteiger charge is 2.08. The van der Waals surface area contributed by atoms with Crippen LogP contribution in [0.25, 0.3) is 0 Å². The summed E-state index contributed by atoms with van der Waals surface area (Å²) in [6.07, 6.45) is 2.14. The lowest BCUT2D eigenvalue weighted by Gasteiger charge is -2.04. The normalized spacial score (nSPS) is 11.4. The number of furan rings is 1. The van der Waals surface area contributed by atoms with Gasteiger partial charge in [0.05, 0.1) is 12.0 Å². The van der Waals surface area contributed by atoms with E-state index in [0.717, 1.165) is 11.3 Å². The molecule has 1 aromatic carbocycles. The van der Waals surface area contributed by atoms with E-state index in [0.29, 0.717) is 11.4 Å². The Morgan fingerprint density at radius 2 is 2.05 bits per heavy atom. The van der Waals surface area contributed by atoms with Crippen molar-refractivity contribution in [3.63, 3.8) is 0 Å². The van der Waals surface area contributed by atoms with Crippen molar-refractivity contribution < 1.29 is 9.21 Å². The Labute approximate surface area is 116 Å². The van der Waals surface area contributed by atoms with Crippen molar-refractivity contribution in [2.24, 2.45) is 5.10 Å². The molecule has 2 aromatic rings. The van der Waals surface area contributed by atoms with Crippen molar-refractivity contribution in [1.82, 2.24) is 5.43 Å². The van der Waals surface area contributed by atoms with E-state index in [4.69, 9.17) is 16.0 Å². The van der Waals surface area contributed by atoms with Crippen LogP contribution in [-0.4, -0.2) is 11.6 Å². The first kappa shape index (κ1) is 13.4. The van der Waals surface area contributed by atoms with Gasteiger partial charge in [0, 0.05) is 5.02 Å². The van der Waals surface area contributed by atoms with Gasteiger partial charge in [0.15, 0.2) is 5.76 Å². The lowest BCUT2D eigenvalue weighted by Crippen LogP contribution is -2.19. The van der Waals surface area contributed by atoms with Crippen LogP contribution in [0.2, 0.25) is 5.02 Å². The minimum atomic E-state index is -0.370. The average molecular weight is 277 g/mol. The number of nitrogens with one attached hydrogen (secondary N) is 1. The number of benzene rings is 1. The van der Waals surface area contributed by atoms with E-state index in [-0.39, 0.29) is 11.7 Å². The molecular weight excluding hydrogens is 264 g/mol. The second-order valence-corrected chi connectivity index (χ2v) is 4.27. The van der Waals surface area contributed by atoms with Crippen LogP contribution in [0.3, 0.4) is 0 Å². The fourth-order valence-corrected chi connectivity index (χ4v) is 1.70. The molecule has 1 amide bonds. The topological polar surface area (TPSA) is 54.6 Å². The Balaban J connectivity index is 2.11. The van der Waals surface area contributed by atoms with Gasteiger partial charge in [-0.3, -0.25) is 4.79 Å². The maximum atomic E-state index is 11.7. The summed E-state index contributed by atoms with van der Waals surface area (Å²) < 4.78 is 4.98. The Bertz CT molecular complexity index is 574. The molecule has 0 spiro atoms. The molecule has 0 atom stereocenters. The minimum Gasteiger partial charge on any atom is -0.459 e. The van der Waals surface area contributed by atoms with Crippen LogP contribution < -0.4 is 5.43 Å². The predicted molar refractivity (Wildman–Crippen MR) is 74.5 cm³/mol. The highest BCUT2D eigenvalue weighted by molar-refractivity contribution is 6.30. The van der Waals surface area contributed by atoms with E-state index < -0.39 is 0 Å². The molecule has 0 saturated heterocycles. The van der Waals surface area contributed by atoms with Crippen molar-refractivity contribution in [3.05, 3.63) is 59.0 Å². The second kappa shape index (κ2) is 6.20. The first-order valence-electron chi connectivity index (χ1n) is 5.87. The van der Waals surface area contributed by atoms with Crippen LogP contribution in [0.15, 0.2) is 52.2 Å². The van der Waals surface area contributed by atoms with E-state index >= 15 is 0 Å². The molecule has 0 aliphatic rings. The number of nitrogens with zero attached hydrogens (tertiary/aromatic N) is 1. The molecule has 1 aromatic heterocycles. The Morgan fingerprint density at radius 1 is 1.32 bits per heavy atom. The van der Waals surface area contributed by atoms with Gasteiger partial charge in [-0.1, -0.05) is 30.7 Å². The molecule has 0 aliphatic heterocycles. The first-order chi connectivity index (χ1) is 9.20. The number of hydrogen-bond donors (Lipinski definition) is 1. The molecule has 2 rings (SSSR count). The molecule has 98 valence electrons. The van der Waals surface area contributed by atoms with Gasteiger partial charge in [-0.15, -0.1) is 0 Å². The third-order valence-electron chi connectivity index (χ3n) is 2.55. The number of carbonyl (C=O) groups excluding carboxylic acids is 1. The van der Waals surface area contributed by atoms with Crippen molar-refractivity contribution in [2.75, 3.05) is 0 Å². The van der Waals surface area contributed by atoms with Gasteiger partial charge in [0.25, 0.3) is 0 Å². The molecule has 0 radical (unpaired) electrons. The van der Waals surface area contributed by atoms with Crippen molar-refractivity contribution in [3.8, 4) is 0 Å². The van der Waals surface area contributed by atoms with Crippen LogP contribution in [-0.2, 0) is 0 Å². The van der Waals surface area contributed by atoms with Crippen molar-refractivity contribution >= 4 is 23.2 Å². The third-order valence-corrected chi connectivity index (χ3v) is 2.80. The predicted octanol–water partition coefficient (Wildman–Crippen LogP) is 3.48. The monoisotopic (exact) mass is 276 g/mol. The van der Waals surface area contributed by atoms with Crippen LogP contribution in [0.5, 0.6) is 0 Å². The summed E-state index contributed by atoms with van der Waals surface area (Å²) in [5.41, 5.74) is 4.17. The zero-order valence-corrected chi connectivity index (χ0v) is 11.1. The number of carbonyl (C=O) groups is 1. The van der Waals surface area contributed by atoms with Crippen molar-refractivity contribution in [2.45, 2.75) is 13.3 Å². The minimum absolute atomic E-state index is 0.232. The lowest BCUT2D eigenvalue weighted by molar-refractivity contribution is 0.0927. The number of amides is 1. The van der Waals surface area contributed by atoms with Gasteiger partial charge >= 0.3 is 5.91 Å². The summed E-state index contributed by atoms with van der Waals surface area (Å²) >= 11 is 5.83. The van der Waals surface area contributed by atoms with E-state index in [1.807, 2.05) is 19.1 Å². The van der Waals surface area contributed by atoms with E-state index in [9.17, 15) is 4.79 Å². The molecule has 0 aliphatic carbocycles. The highest BCUT2D eigenvalue weighted by atomic mass is 35.5. The fourth-order valence-electron chi connectivity index (χ4n) is 1.57. The van der Waals surface area contributed by atoms with Crippen LogP contribution in [0, 0.1) is 0 Å². The van der Waals surface area contributed by atoms with Gasteiger partial charge in [0.1, 0.15) is 0 Å². The molecule has 0 bridgehead atoms. The van der Waals surface area contributed by atoms with Gasteiger partial charge in [-0.25, -0.2) is 5.43 Å². The zero-order valence-electron chi connectivity index (χ0n) is 10.4. The van der Waals surface area contributed by atoms with Crippen LogP contribution in [0.1, 0.15) is 29.5 Å². The summed E-state index contributed by atoms with van der Waals surface area (Å²) in [6.45, 7) is 1.96. The molecule has 19 heavy (non-hydrogen) atoms. The molecule has 4 nitrogen and oxygen atoms in total. The Kier molecular flexibility index (Phi) is 4.36.